The molecule has 0 bridgehead atoms. The van der Waals surface area contributed by atoms with Crippen LogP contribution in [0, 0.1) is 0 Å². The van der Waals surface area contributed by atoms with Crippen molar-refractivity contribution in [3.05, 3.63) is 22.3 Å². The maximum absolute atomic E-state index is 12.1. The normalized spacial score (nSPS) is 14.1. The zero-order valence-corrected chi connectivity index (χ0v) is 7.09. The fourth-order valence-electron chi connectivity index (χ4n) is 1.17. The fourth-order valence-corrected chi connectivity index (χ4v) is 1.17. The predicted molar refractivity (Wildman–Crippen MR) is 41.5 cm³/mol. The lowest BCUT2D eigenvalue weighted by molar-refractivity contribution is -0.151. The van der Waals surface area contributed by atoms with Crippen LogP contribution < -0.4 is 10.6 Å². The Morgan fingerprint density at radius 2 is 1.93 bits per heavy atom. The van der Waals surface area contributed by atoms with E-state index in [4.69, 9.17) is 0 Å². The zero-order valence-electron chi connectivity index (χ0n) is 7.09. The van der Waals surface area contributed by atoms with E-state index in [0.717, 1.165) is 18.7 Å². The van der Waals surface area contributed by atoms with Gasteiger partial charge < -0.3 is 4.98 Å². The molecule has 4 nitrogen and oxygen atoms in total. The van der Waals surface area contributed by atoms with Crippen LogP contribution >= 0.6 is 0 Å². The van der Waals surface area contributed by atoms with Gasteiger partial charge in [-0.3, -0.25) is 14.6 Å². The first-order chi connectivity index (χ1) is 7.00. The lowest BCUT2D eigenvalue weighted by Crippen LogP contribution is -2.34. The van der Waals surface area contributed by atoms with Crippen LogP contribution in [0.1, 0.15) is 10.4 Å². The second-order valence-electron chi connectivity index (χ2n) is 2.78. The summed E-state index contributed by atoms with van der Waals surface area (Å²) in [5, 5.41) is 0.289. The molecule has 1 aromatic heterocycles. The summed E-state index contributed by atoms with van der Waals surface area (Å²) in [4.78, 5) is 22.1. The van der Waals surface area contributed by atoms with Gasteiger partial charge in [-0.15, -0.1) is 0 Å². The van der Waals surface area contributed by atoms with Gasteiger partial charge in [-0.25, -0.2) is 0 Å². The highest BCUT2D eigenvalue weighted by Gasteiger charge is 2.40. The average Bonchev–Trinajstić information content (AvgIpc) is 2.58. The number of hydrogen-bond donors (Lipinski definition) is 1. The van der Waals surface area contributed by atoms with Gasteiger partial charge in [-0.05, 0) is 0 Å². The first-order valence-corrected chi connectivity index (χ1v) is 3.81. The third-order valence-electron chi connectivity index (χ3n) is 1.84. The summed E-state index contributed by atoms with van der Waals surface area (Å²) in [6.07, 6.45) is -1.93. The van der Waals surface area contributed by atoms with Crippen molar-refractivity contribution in [1.82, 2.24) is 4.98 Å². The Balaban J connectivity index is 2.57. The average molecular weight is 219 g/mol. The van der Waals surface area contributed by atoms with Gasteiger partial charge in [0.15, 0.2) is 12.5 Å². The summed E-state index contributed by atoms with van der Waals surface area (Å²) in [5.41, 5.74) is -0.489. The topological polar surface area (TPSA) is 51.3 Å². The van der Waals surface area contributed by atoms with E-state index in [2.05, 4.69) is 14.8 Å². The van der Waals surface area contributed by atoms with Crippen molar-refractivity contribution in [3.8, 4) is 0 Å². The van der Waals surface area contributed by atoms with E-state index in [9.17, 15) is 18.0 Å². The van der Waals surface area contributed by atoms with E-state index < -0.39 is 17.5 Å². The van der Waals surface area contributed by atoms with Crippen molar-refractivity contribution in [2.75, 3.05) is 0 Å². The van der Waals surface area contributed by atoms with Crippen molar-refractivity contribution in [2.45, 2.75) is 6.18 Å². The Labute approximate surface area is 80.5 Å². The summed E-state index contributed by atoms with van der Waals surface area (Å²) in [6, 6.07) is 0. The number of aromatic amines is 1. The molecule has 1 aliphatic heterocycles. The van der Waals surface area contributed by atoms with Crippen LogP contribution in [0.25, 0.3) is 12.5 Å². The van der Waals surface area contributed by atoms with Gasteiger partial charge in [0.25, 0.3) is 5.78 Å². The van der Waals surface area contributed by atoms with Gasteiger partial charge in [0.2, 0.25) is 0 Å². The number of carbonyl (C=O) groups is 1. The molecule has 0 aromatic carbocycles. The predicted octanol–water partition coefficient (Wildman–Crippen LogP) is 0.197. The molecule has 0 fully saturated rings. The fraction of sp³-hybridized carbons (Fsp3) is 0.125. The summed E-state index contributed by atoms with van der Waals surface area (Å²) < 4.78 is 36.4. The summed E-state index contributed by atoms with van der Waals surface area (Å²) in [7, 11) is 0. The molecule has 0 unspecified atom stereocenters. The first-order valence-electron chi connectivity index (χ1n) is 3.81. The van der Waals surface area contributed by atoms with E-state index in [1.807, 2.05) is 0 Å². The maximum atomic E-state index is 12.1. The lowest BCUT2D eigenvalue weighted by Gasteiger charge is -2.03. The number of nitrogens with one attached hydrogen (secondary N) is 1. The Bertz CT molecular complexity index is 514. The van der Waals surface area contributed by atoms with Crippen LogP contribution in [0.15, 0.2) is 6.20 Å². The Hall–Kier alpha value is -1.92. The zero-order chi connectivity index (χ0) is 11.1. The third-order valence-corrected chi connectivity index (χ3v) is 1.84. The minimum absolute atomic E-state index is 0.0311. The third kappa shape index (κ3) is 1.56. The van der Waals surface area contributed by atoms with E-state index in [1.165, 1.54) is 0 Å². The number of aromatic nitrogens is 1. The highest BCUT2D eigenvalue weighted by Crippen LogP contribution is 2.19. The van der Waals surface area contributed by atoms with Crippen molar-refractivity contribution < 1.29 is 27.7 Å². The molecule has 0 saturated heterocycles. The van der Waals surface area contributed by atoms with Crippen LogP contribution in [0.4, 0.5) is 13.2 Å². The summed E-state index contributed by atoms with van der Waals surface area (Å²) in [5.74, 6) is -1.92. The molecular formula is C8H4F3NO3. The van der Waals surface area contributed by atoms with E-state index in [1.54, 1.807) is 0 Å². The quantitative estimate of drug-likeness (QED) is 0.542. The number of rotatable bonds is 1. The van der Waals surface area contributed by atoms with Crippen molar-refractivity contribution in [1.29, 1.82) is 0 Å². The molecule has 7 heteroatoms. The van der Waals surface area contributed by atoms with Crippen molar-refractivity contribution in [2.24, 2.45) is 0 Å². The van der Waals surface area contributed by atoms with Crippen LogP contribution in [0.3, 0.4) is 0 Å². The summed E-state index contributed by atoms with van der Waals surface area (Å²) in [6.45, 7) is 0. The molecule has 2 rings (SSSR count). The van der Waals surface area contributed by atoms with Crippen molar-refractivity contribution in [3.63, 3.8) is 0 Å². The molecule has 1 aliphatic rings. The Kier molecular flexibility index (Phi) is 1.95. The number of carbonyl (C=O) groups excluding carboxylic acids is 1. The molecule has 1 aromatic rings. The number of halogens is 3. The van der Waals surface area contributed by atoms with E-state index in [0.29, 0.717) is 0 Å². The molecule has 0 radical (unpaired) electrons. The number of Topliss-reactive ketones (excluding diaryl/α,β-unsaturated/α-hetero) is 1. The van der Waals surface area contributed by atoms with Crippen LogP contribution in [-0.2, 0) is 9.78 Å². The second kappa shape index (κ2) is 3.04. The van der Waals surface area contributed by atoms with Crippen LogP contribution in [0.2, 0.25) is 0 Å². The maximum Gasteiger partial charge on any atom is 0.454 e. The van der Waals surface area contributed by atoms with E-state index >= 15 is 0 Å². The molecule has 0 atom stereocenters. The van der Waals surface area contributed by atoms with Gasteiger partial charge in [-0.1, -0.05) is 0 Å². The minimum Gasteiger partial charge on any atom is -0.358 e. The van der Waals surface area contributed by atoms with Gasteiger partial charge in [-0.2, -0.15) is 13.2 Å². The molecular weight excluding hydrogens is 215 g/mol. The molecule has 0 amide bonds. The highest BCUT2D eigenvalue weighted by molar-refractivity contribution is 6.00. The Morgan fingerprint density at radius 3 is 2.60 bits per heavy atom. The molecule has 2 heterocycles. The summed E-state index contributed by atoms with van der Waals surface area (Å²) >= 11 is 0. The molecule has 0 aliphatic carbocycles. The van der Waals surface area contributed by atoms with Crippen LogP contribution in [0.5, 0.6) is 0 Å². The monoisotopic (exact) mass is 219 g/mol. The standard InChI is InChI=1S/C8H4F3NO3/c9-8(10,11)7(13)4-1-12-6-3-15-14-2-5(4)6/h1-3,12H. The number of ketones is 1. The smallest absolute Gasteiger partial charge is 0.358 e. The van der Waals surface area contributed by atoms with Crippen molar-refractivity contribution >= 4 is 18.3 Å². The number of fused-ring (bicyclic) bond motifs is 1. The van der Waals surface area contributed by atoms with Gasteiger partial charge in [0.05, 0.1) is 16.1 Å². The molecule has 0 saturated carbocycles. The first kappa shape index (κ1) is 9.63. The van der Waals surface area contributed by atoms with Gasteiger partial charge in [0.1, 0.15) is 0 Å². The number of H-pyrrole nitrogens is 1. The molecule has 80 valence electrons. The molecule has 1 N–H and O–H groups in total. The molecule has 0 spiro atoms. The number of alkyl halides is 3. The van der Waals surface area contributed by atoms with Gasteiger partial charge in [0, 0.05) is 6.20 Å². The number of hydrogen-bond acceptors (Lipinski definition) is 3. The minimum atomic E-state index is -4.90. The largest absolute Gasteiger partial charge is 0.454 e. The van der Waals surface area contributed by atoms with E-state index in [-0.39, 0.29) is 10.6 Å². The Morgan fingerprint density at radius 1 is 1.27 bits per heavy atom. The SMILES string of the molecule is O=C(c1c[nH]c2c1=COOC=2)C(F)(F)F. The highest BCUT2D eigenvalue weighted by atomic mass is 19.4. The van der Waals surface area contributed by atoms with Crippen LogP contribution in [-0.4, -0.2) is 16.9 Å². The second-order valence-corrected chi connectivity index (χ2v) is 2.78. The van der Waals surface area contributed by atoms with Gasteiger partial charge >= 0.3 is 6.18 Å². The lowest BCUT2D eigenvalue weighted by atomic mass is 10.2. The molecule has 15 heavy (non-hydrogen) atoms.